The highest BCUT2D eigenvalue weighted by Crippen LogP contribution is 2.28. The Balaban J connectivity index is 3.13. The average Bonchev–Trinajstić information content (AvgIpc) is 2.21. The summed E-state index contributed by atoms with van der Waals surface area (Å²) in [6, 6.07) is 1.62. The molecule has 6 heteroatoms. The monoisotopic (exact) mass is 280 g/mol. The van der Waals surface area contributed by atoms with E-state index in [1.54, 1.807) is 19.9 Å². The van der Waals surface area contributed by atoms with Gasteiger partial charge >= 0.3 is 0 Å². The summed E-state index contributed by atoms with van der Waals surface area (Å²) in [4.78, 5) is 0. The summed E-state index contributed by atoms with van der Waals surface area (Å²) in [7, 11) is 2.98. The highest BCUT2D eigenvalue weighted by atomic mass is 35.7. The molecule has 1 aromatic carbocycles. The molecule has 0 unspecified atom stereocenters. The molecule has 96 valence electrons. The number of methoxy groups -OCH3 is 1. The number of hydrogen-bond acceptors (Lipinski definition) is 3. The minimum Gasteiger partial charge on any atom is -0.493 e. The van der Waals surface area contributed by atoms with Gasteiger partial charge in [-0.3, -0.25) is 0 Å². The molecule has 1 aromatic rings. The van der Waals surface area contributed by atoms with E-state index in [4.69, 9.17) is 15.4 Å². The Kier molecular flexibility index (Phi) is 4.38. The second kappa shape index (κ2) is 5.23. The van der Waals surface area contributed by atoms with Crippen LogP contribution in [0.5, 0.6) is 5.75 Å². The van der Waals surface area contributed by atoms with Crippen molar-refractivity contribution in [2.75, 3.05) is 12.9 Å². The molecule has 0 radical (unpaired) electrons. The van der Waals surface area contributed by atoms with Gasteiger partial charge < -0.3 is 4.74 Å². The third-order valence-electron chi connectivity index (χ3n) is 2.58. The lowest BCUT2D eigenvalue weighted by atomic mass is 10.0. The fourth-order valence-electron chi connectivity index (χ4n) is 1.66. The summed E-state index contributed by atoms with van der Waals surface area (Å²) in [5, 5.41) is 0. The highest BCUT2D eigenvalue weighted by molar-refractivity contribution is 8.13. The van der Waals surface area contributed by atoms with Crippen molar-refractivity contribution in [3.63, 3.8) is 0 Å². The predicted octanol–water partition coefficient (Wildman–Crippen LogP) is 2.56. The van der Waals surface area contributed by atoms with Gasteiger partial charge in [-0.25, -0.2) is 12.8 Å². The lowest BCUT2D eigenvalue weighted by molar-refractivity contribution is 0.381. The molecule has 0 spiro atoms. The van der Waals surface area contributed by atoms with Gasteiger partial charge in [-0.2, -0.15) is 0 Å². The molecule has 0 heterocycles. The van der Waals surface area contributed by atoms with Crippen molar-refractivity contribution < 1.29 is 17.5 Å². The van der Waals surface area contributed by atoms with Gasteiger partial charge in [-0.05, 0) is 37.0 Å². The maximum absolute atomic E-state index is 13.6. The van der Waals surface area contributed by atoms with E-state index in [2.05, 4.69) is 0 Å². The van der Waals surface area contributed by atoms with Gasteiger partial charge in [0, 0.05) is 10.7 Å². The van der Waals surface area contributed by atoms with Gasteiger partial charge in [0.25, 0.3) is 0 Å². The van der Waals surface area contributed by atoms with Gasteiger partial charge in [-0.15, -0.1) is 0 Å². The Bertz CT molecular complexity index is 526. The van der Waals surface area contributed by atoms with Crippen molar-refractivity contribution in [3.05, 3.63) is 28.6 Å². The molecule has 0 amide bonds. The summed E-state index contributed by atoms with van der Waals surface area (Å²) in [5.74, 6) is -0.432. The molecule has 0 saturated heterocycles. The van der Waals surface area contributed by atoms with Gasteiger partial charge in [-0.1, -0.05) is 6.07 Å². The Morgan fingerprint density at radius 2 is 2.00 bits per heavy atom. The molecular weight excluding hydrogens is 267 g/mol. The van der Waals surface area contributed by atoms with E-state index < -0.39 is 14.9 Å². The molecule has 0 aliphatic rings. The highest BCUT2D eigenvalue weighted by Gasteiger charge is 2.15. The Labute approximate surface area is 105 Å². The van der Waals surface area contributed by atoms with Crippen LogP contribution < -0.4 is 4.74 Å². The quantitative estimate of drug-likeness (QED) is 0.796. The second-order valence-corrected chi connectivity index (χ2v) is 6.71. The predicted molar refractivity (Wildman–Crippen MR) is 65.8 cm³/mol. The normalized spacial score (nSPS) is 11.6. The number of halogens is 2. The summed E-state index contributed by atoms with van der Waals surface area (Å²) in [6.07, 6.45) is 0.245. The first-order chi connectivity index (χ1) is 7.76. The Morgan fingerprint density at radius 1 is 1.41 bits per heavy atom. The van der Waals surface area contributed by atoms with Crippen LogP contribution in [0.4, 0.5) is 4.39 Å². The number of rotatable bonds is 4. The van der Waals surface area contributed by atoms with E-state index in [0.717, 1.165) is 5.56 Å². The summed E-state index contributed by atoms with van der Waals surface area (Å²) >= 11 is 0. The molecule has 0 N–H and O–H groups in total. The molecule has 0 aliphatic heterocycles. The third-order valence-corrected chi connectivity index (χ3v) is 3.73. The molecule has 0 aromatic heterocycles. The number of hydrogen-bond donors (Lipinski definition) is 0. The van der Waals surface area contributed by atoms with E-state index in [0.29, 0.717) is 11.1 Å². The van der Waals surface area contributed by atoms with E-state index in [1.807, 2.05) is 0 Å². The lowest BCUT2D eigenvalue weighted by Gasteiger charge is -2.13. The minimum absolute atomic E-state index is 0.159. The zero-order valence-corrected chi connectivity index (χ0v) is 11.5. The number of benzene rings is 1. The van der Waals surface area contributed by atoms with E-state index in [1.165, 1.54) is 7.11 Å². The first kappa shape index (κ1) is 14.3. The number of aryl methyl sites for hydroxylation is 2. The van der Waals surface area contributed by atoms with Crippen LogP contribution in [0, 0.1) is 19.7 Å². The second-order valence-electron chi connectivity index (χ2n) is 3.82. The standard InChI is InChI=1S/C11H14ClFO3S/c1-7-6-9(4-5-17(12,14)15)8(2)11(16-3)10(7)13/h6H,4-5H2,1-3H3. The van der Waals surface area contributed by atoms with Crippen LogP contribution in [0.1, 0.15) is 16.7 Å². The Hall–Kier alpha value is -0.810. The zero-order chi connectivity index (χ0) is 13.2. The maximum Gasteiger partial charge on any atom is 0.232 e. The summed E-state index contributed by atoms with van der Waals surface area (Å²) in [5.41, 5.74) is 1.76. The van der Waals surface area contributed by atoms with Crippen LogP contribution >= 0.6 is 10.7 Å². The van der Waals surface area contributed by atoms with Crippen molar-refractivity contribution >= 4 is 19.7 Å². The molecular formula is C11H14ClFO3S. The van der Waals surface area contributed by atoms with Gasteiger partial charge in [0.1, 0.15) is 0 Å². The fourth-order valence-corrected chi connectivity index (χ4v) is 2.35. The molecule has 0 aliphatic carbocycles. The smallest absolute Gasteiger partial charge is 0.232 e. The van der Waals surface area contributed by atoms with Crippen LogP contribution in [0.2, 0.25) is 0 Å². The molecule has 0 bridgehead atoms. The van der Waals surface area contributed by atoms with Crippen LogP contribution in [-0.2, 0) is 15.5 Å². The van der Waals surface area contributed by atoms with Gasteiger partial charge in [0.15, 0.2) is 11.6 Å². The SMILES string of the molecule is COc1c(C)c(CCS(=O)(=O)Cl)cc(C)c1F. The lowest BCUT2D eigenvalue weighted by Crippen LogP contribution is -2.05. The van der Waals surface area contributed by atoms with E-state index in [9.17, 15) is 12.8 Å². The molecule has 17 heavy (non-hydrogen) atoms. The van der Waals surface area contributed by atoms with E-state index >= 15 is 0 Å². The first-order valence-electron chi connectivity index (χ1n) is 5.01. The van der Waals surface area contributed by atoms with Crippen molar-refractivity contribution in [3.8, 4) is 5.75 Å². The summed E-state index contributed by atoms with van der Waals surface area (Å²) in [6.45, 7) is 3.30. The van der Waals surface area contributed by atoms with Crippen LogP contribution in [0.15, 0.2) is 6.07 Å². The Morgan fingerprint density at radius 3 is 2.47 bits per heavy atom. The maximum atomic E-state index is 13.6. The molecule has 3 nitrogen and oxygen atoms in total. The molecule has 0 saturated carbocycles. The third kappa shape index (κ3) is 3.57. The molecule has 0 atom stereocenters. The van der Waals surface area contributed by atoms with Gasteiger partial charge in [0.2, 0.25) is 9.05 Å². The minimum atomic E-state index is -3.54. The van der Waals surface area contributed by atoms with Gasteiger partial charge in [0.05, 0.1) is 12.9 Å². The average molecular weight is 281 g/mol. The zero-order valence-electron chi connectivity index (χ0n) is 9.88. The van der Waals surface area contributed by atoms with Crippen molar-refractivity contribution in [2.45, 2.75) is 20.3 Å². The topological polar surface area (TPSA) is 43.4 Å². The van der Waals surface area contributed by atoms with Crippen molar-refractivity contribution in [2.24, 2.45) is 0 Å². The van der Waals surface area contributed by atoms with E-state index in [-0.39, 0.29) is 17.9 Å². The van der Waals surface area contributed by atoms with Crippen molar-refractivity contribution in [1.82, 2.24) is 0 Å². The summed E-state index contributed by atoms with van der Waals surface area (Å²) < 4.78 is 40.4. The first-order valence-corrected chi connectivity index (χ1v) is 7.49. The molecule has 0 fully saturated rings. The largest absolute Gasteiger partial charge is 0.493 e. The van der Waals surface area contributed by atoms with Crippen LogP contribution in [-0.4, -0.2) is 21.3 Å². The molecule has 1 rings (SSSR count). The van der Waals surface area contributed by atoms with Crippen molar-refractivity contribution in [1.29, 1.82) is 0 Å². The fraction of sp³-hybridized carbons (Fsp3) is 0.455. The van der Waals surface area contributed by atoms with Crippen LogP contribution in [0.25, 0.3) is 0 Å². The number of ether oxygens (including phenoxy) is 1. The van der Waals surface area contributed by atoms with Crippen LogP contribution in [0.3, 0.4) is 0 Å².